The van der Waals surface area contributed by atoms with Crippen LogP contribution in [0.5, 0.6) is 0 Å². The van der Waals surface area contributed by atoms with Crippen molar-refractivity contribution in [1.29, 1.82) is 0 Å². The maximum absolute atomic E-state index is 13.5. The molecule has 0 fully saturated rings. The van der Waals surface area contributed by atoms with Crippen LogP contribution in [0.25, 0.3) is 0 Å². The quantitative estimate of drug-likeness (QED) is 0.510. The Kier molecular flexibility index (Phi) is 8.01. The molecule has 0 spiro atoms. The van der Waals surface area contributed by atoms with Crippen LogP contribution in [0.1, 0.15) is 22.3 Å². The van der Waals surface area contributed by atoms with E-state index >= 15 is 0 Å². The molecule has 0 radical (unpaired) electrons. The van der Waals surface area contributed by atoms with Crippen LogP contribution in [0.4, 0.5) is 0 Å². The molecule has 1 unspecified atom stereocenters. The van der Waals surface area contributed by atoms with Gasteiger partial charge in [0.25, 0.3) is 0 Å². The topological polar surface area (TPSA) is 49.4 Å². The lowest BCUT2D eigenvalue weighted by molar-refractivity contribution is -0.140. The van der Waals surface area contributed by atoms with Crippen molar-refractivity contribution in [2.24, 2.45) is 0 Å². The molecular weight excluding hydrogens is 452 g/mol. The molecule has 4 nitrogen and oxygen atoms in total. The predicted molar refractivity (Wildman–Crippen MR) is 128 cm³/mol. The van der Waals surface area contributed by atoms with Crippen LogP contribution < -0.4 is 5.32 Å². The maximum atomic E-state index is 13.5. The molecule has 0 bridgehead atoms. The minimum atomic E-state index is -0.607. The molecule has 160 valence electrons. The van der Waals surface area contributed by atoms with E-state index in [0.717, 1.165) is 26.7 Å². The fraction of sp³-hybridized carbons (Fsp3) is 0.231. The summed E-state index contributed by atoms with van der Waals surface area (Å²) >= 11 is 3.50. The van der Waals surface area contributed by atoms with E-state index in [0.29, 0.717) is 13.0 Å². The monoisotopic (exact) mass is 478 g/mol. The van der Waals surface area contributed by atoms with E-state index in [1.807, 2.05) is 85.8 Å². The van der Waals surface area contributed by atoms with E-state index in [1.54, 1.807) is 11.9 Å². The van der Waals surface area contributed by atoms with Gasteiger partial charge in [-0.3, -0.25) is 9.59 Å². The molecule has 0 aliphatic carbocycles. The van der Waals surface area contributed by atoms with Gasteiger partial charge in [0, 0.05) is 24.5 Å². The average Bonchev–Trinajstić information content (AvgIpc) is 2.78. The van der Waals surface area contributed by atoms with Gasteiger partial charge in [-0.05, 0) is 35.7 Å². The van der Waals surface area contributed by atoms with E-state index in [4.69, 9.17) is 0 Å². The van der Waals surface area contributed by atoms with E-state index < -0.39 is 6.04 Å². The molecule has 0 heterocycles. The number of benzene rings is 3. The molecule has 0 aliphatic rings. The first kappa shape index (κ1) is 22.8. The molecule has 0 saturated carbocycles. The standard InChI is InChI=1S/C26H27BrN2O2/c1-19-11-13-21(14-12-19)17-25(30)29(18-22-9-6-10-23(27)15-22)24(26(31)28-2)16-20-7-4-3-5-8-20/h3-15,24H,16-18H2,1-2H3,(H,28,31). The highest BCUT2D eigenvalue weighted by Crippen LogP contribution is 2.19. The fourth-order valence-electron chi connectivity index (χ4n) is 3.53. The summed E-state index contributed by atoms with van der Waals surface area (Å²) in [7, 11) is 1.61. The lowest BCUT2D eigenvalue weighted by Crippen LogP contribution is -2.50. The number of rotatable bonds is 8. The molecule has 3 rings (SSSR count). The van der Waals surface area contributed by atoms with E-state index in [2.05, 4.69) is 21.2 Å². The lowest BCUT2D eigenvalue weighted by Gasteiger charge is -2.31. The Morgan fingerprint density at radius 2 is 1.58 bits per heavy atom. The van der Waals surface area contributed by atoms with Gasteiger partial charge in [-0.2, -0.15) is 0 Å². The number of halogens is 1. The number of nitrogens with one attached hydrogen (secondary N) is 1. The second-order valence-corrected chi connectivity index (χ2v) is 8.55. The molecule has 0 aliphatic heterocycles. The van der Waals surface area contributed by atoms with Gasteiger partial charge >= 0.3 is 0 Å². The normalized spacial score (nSPS) is 11.6. The van der Waals surface area contributed by atoms with E-state index in [-0.39, 0.29) is 18.2 Å². The summed E-state index contributed by atoms with van der Waals surface area (Å²) in [5.74, 6) is -0.246. The smallest absolute Gasteiger partial charge is 0.242 e. The Hall–Kier alpha value is -2.92. The third-order valence-corrected chi connectivity index (χ3v) is 5.73. The van der Waals surface area contributed by atoms with Crippen molar-refractivity contribution in [3.05, 3.63) is 106 Å². The number of carbonyl (C=O) groups excluding carboxylic acids is 2. The number of hydrogen-bond donors (Lipinski definition) is 1. The van der Waals surface area contributed by atoms with E-state index in [9.17, 15) is 9.59 Å². The third-order valence-electron chi connectivity index (χ3n) is 5.24. The van der Waals surface area contributed by atoms with Gasteiger partial charge in [0.2, 0.25) is 11.8 Å². The minimum absolute atomic E-state index is 0.0756. The Balaban J connectivity index is 1.93. The van der Waals surface area contributed by atoms with Crippen molar-refractivity contribution in [2.75, 3.05) is 7.05 Å². The van der Waals surface area contributed by atoms with Gasteiger partial charge in [0.1, 0.15) is 6.04 Å². The van der Waals surface area contributed by atoms with Crippen LogP contribution in [0.2, 0.25) is 0 Å². The molecule has 31 heavy (non-hydrogen) atoms. The minimum Gasteiger partial charge on any atom is -0.357 e. The molecule has 1 N–H and O–H groups in total. The number of likely N-dealkylation sites (N-methyl/N-ethyl adjacent to an activating group) is 1. The number of hydrogen-bond acceptors (Lipinski definition) is 2. The van der Waals surface area contributed by atoms with E-state index in [1.165, 1.54) is 0 Å². The Morgan fingerprint density at radius 3 is 2.23 bits per heavy atom. The Labute approximate surface area is 192 Å². The number of carbonyl (C=O) groups is 2. The molecule has 2 amide bonds. The third kappa shape index (κ3) is 6.53. The highest BCUT2D eigenvalue weighted by molar-refractivity contribution is 9.10. The van der Waals surface area contributed by atoms with Crippen LogP contribution in [0, 0.1) is 6.92 Å². The first-order valence-electron chi connectivity index (χ1n) is 10.3. The highest BCUT2D eigenvalue weighted by atomic mass is 79.9. The maximum Gasteiger partial charge on any atom is 0.242 e. The Bertz CT molecular complexity index is 1020. The van der Waals surface area contributed by atoms with Crippen molar-refractivity contribution < 1.29 is 9.59 Å². The highest BCUT2D eigenvalue weighted by Gasteiger charge is 2.29. The van der Waals surface area contributed by atoms with Crippen LogP contribution in [0.3, 0.4) is 0 Å². The van der Waals surface area contributed by atoms with Crippen molar-refractivity contribution in [3.63, 3.8) is 0 Å². The predicted octanol–water partition coefficient (Wildman–Crippen LogP) is 4.69. The molecule has 0 saturated heterocycles. The lowest BCUT2D eigenvalue weighted by atomic mass is 10.0. The van der Waals surface area contributed by atoms with Crippen LogP contribution in [-0.2, 0) is 29.0 Å². The van der Waals surface area contributed by atoms with Crippen molar-refractivity contribution in [1.82, 2.24) is 10.2 Å². The summed E-state index contributed by atoms with van der Waals surface area (Å²) in [5.41, 5.74) is 4.06. The zero-order valence-electron chi connectivity index (χ0n) is 17.8. The molecule has 0 aromatic heterocycles. The summed E-state index contributed by atoms with van der Waals surface area (Å²) in [4.78, 5) is 28.1. The zero-order chi connectivity index (χ0) is 22.2. The fourth-order valence-corrected chi connectivity index (χ4v) is 3.98. The molecule has 3 aromatic rings. The number of aryl methyl sites for hydroxylation is 1. The summed E-state index contributed by atoms with van der Waals surface area (Å²) < 4.78 is 0.940. The second kappa shape index (κ2) is 10.9. The van der Waals surface area contributed by atoms with Crippen LogP contribution >= 0.6 is 15.9 Å². The van der Waals surface area contributed by atoms with Gasteiger partial charge < -0.3 is 10.2 Å². The molecule has 3 aromatic carbocycles. The van der Waals surface area contributed by atoms with Crippen molar-refractivity contribution >= 4 is 27.7 Å². The van der Waals surface area contributed by atoms with Crippen LogP contribution in [-0.4, -0.2) is 29.8 Å². The zero-order valence-corrected chi connectivity index (χ0v) is 19.4. The average molecular weight is 479 g/mol. The first-order chi connectivity index (χ1) is 15.0. The molecular formula is C26H27BrN2O2. The second-order valence-electron chi connectivity index (χ2n) is 7.63. The van der Waals surface area contributed by atoms with Gasteiger partial charge in [-0.25, -0.2) is 0 Å². The van der Waals surface area contributed by atoms with Gasteiger partial charge in [0.05, 0.1) is 6.42 Å². The van der Waals surface area contributed by atoms with Gasteiger partial charge in [-0.15, -0.1) is 0 Å². The summed E-state index contributed by atoms with van der Waals surface area (Å²) in [6.45, 7) is 2.38. The van der Waals surface area contributed by atoms with Gasteiger partial charge in [0.15, 0.2) is 0 Å². The van der Waals surface area contributed by atoms with Crippen molar-refractivity contribution in [3.8, 4) is 0 Å². The summed E-state index contributed by atoms with van der Waals surface area (Å²) in [5, 5.41) is 2.75. The number of nitrogens with zero attached hydrogens (tertiary/aromatic N) is 1. The Morgan fingerprint density at radius 1 is 0.903 bits per heavy atom. The molecule has 1 atom stereocenters. The largest absolute Gasteiger partial charge is 0.357 e. The number of amides is 2. The first-order valence-corrected chi connectivity index (χ1v) is 11.1. The van der Waals surface area contributed by atoms with Crippen LogP contribution in [0.15, 0.2) is 83.3 Å². The molecule has 5 heteroatoms. The van der Waals surface area contributed by atoms with Crippen molar-refractivity contribution in [2.45, 2.75) is 32.4 Å². The SMILES string of the molecule is CNC(=O)C(Cc1ccccc1)N(Cc1cccc(Br)c1)C(=O)Cc1ccc(C)cc1. The van der Waals surface area contributed by atoms with Gasteiger partial charge in [-0.1, -0.05) is 88.2 Å². The summed E-state index contributed by atoms with van der Waals surface area (Å²) in [6, 6.07) is 25.0. The summed E-state index contributed by atoms with van der Waals surface area (Å²) in [6.07, 6.45) is 0.699.